The van der Waals surface area contributed by atoms with E-state index in [1.807, 2.05) is 30.5 Å². The zero-order valence-corrected chi connectivity index (χ0v) is 12.9. The summed E-state index contributed by atoms with van der Waals surface area (Å²) < 4.78 is 6.67. The summed E-state index contributed by atoms with van der Waals surface area (Å²) in [5.74, 6) is 0. The van der Waals surface area contributed by atoms with Crippen molar-refractivity contribution in [2.24, 2.45) is 0 Å². The minimum absolute atomic E-state index is 0.293. The molecule has 0 bridgehead atoms. The molecule has 2 aromatic carbocycles. The lowest BCUT2D eigenvalue weighted by atomic mass is 10.1. The maximum atomic E-state index is 5.56. The SMILES string of the molecule is C[C@H](NCc1coc2ccccc12)c1cccc(Br)c1. The minimum Gasteiger partial charge on any atom is -0.464 e. The average Bonchev–Trinajstić information content (AvgIpc) is 2.88. The van der Waals surface area contributed by atoms with Crippen LogP contribution in [0, 0.1) is 0 Å². The standard InChI is InChI=1S/C17H16BrNO/c1-12(13-5-4-6-15(18)9-13)19-10-14-11-20-17-8-3-2-7-16(14)17/h2-9,11-12,19H,10H2,1H3/t12-/m0/s1. The largest absolute Gasteiger partial charge is 0.464 e. The number of nitrogens with one attached hydrogen (secondary N) is 1. The number of hydrogen-bond acceptors (Lipinski definition) is 2. The molecule has 0 spiro atoms. The van der Waals surface area contributed by atoms with Crippen molar-refractivity contribution in [3.8, 4) is 0 Å². The highest BCUT2D eigenvalue weighted by Gasteiger charge is 2.08. The molecule has 1 atom stereocenters. The van der Waals surface area contributed by atoms with Gasteiger partial charge in [-0.25, -0.2) is 0 Å². The van der Waals surface area contributed by atoms with Crippen molar-refractivity contribution in [2.45, 2.75) is 19.5 Å². The van der Waals surface area contributed by atoms with Crippen LogP contribution in [0.3, 0.4) is 0 Å². The van der Waals surface area contributed by atoms with Crippen molar-refractivity contribution in [3.63, 3.8) is 0 Å². The van der Waals surface area contributed by atoms with E-state index >= 15 is 0 Å². The Morgan fingerprint density at radius 3 is 2.85 bits per heavy atom. The van der Waals surface area contributed by atoms with Gasteiger partial charge in [0.05, 0.1) is 6.26 Å². The molecule has 3 aromatic rings. The van der Waals surface area contributed by atoms with Gasteiger partial charge in [-0.2, -0.15) is 0 Å². The lowest BCUT2D eigenvalue weighted by molar-refractivity contribution is 0.562. The van der Waals surface area contributed by atoms with Crippen LogP contribution in [0.2, 0.25) is 0 Å². The van der Waals surface area contributed by atoms with Crippen molar-refractivity contribution < 1.29 is 4.42 Å². The summed E-state index contributed by atoms with van der Waals surface area (Å²) in [6.07, 6.45) is 1.84. The molecule has 1 N–H and O–H groups in total. The Balaban J connectivity index is 1.73. The normalized spacial score (nSPS) is 12.7. The Bertz CT molecular complexity index is 720. The molecular weight excluding hydrogens is 314 g/mol. The second-order valence-corrected chi connectivity index (χ2v) is 5.83. The van der Waals surface area contributed by atoms with Gasteiger partial charge in [-0.3, -0.25) is 0 Å². The molecule has 0 saturated heterocycles. The van der Waals surface area contributed by atoms with Gasteiger partial charge >= 0.3 is 0 Å². The minimum atomic E-state index is 0.293. The van der Waals surface area contributed by atoms with Crippen molar-refractivity contribution in [2.75, 3.05) is 0 Å². The summed E-state index contributed by atoms with van der Waals surface area (Å²) in [7, 11) is 0. The Hall–Kier alpha value is -1.58. The molecule has 3 rings (SSSR count). The van der Waals surface area contributed by atoms with E-state index in [-0.39, 0.29) is 0 Å². The third kappa shape index (κ3) is 2.79. The van der Waals surface area contributed by atoms with E-state index in [9.17, 15) is 0 Å². The Labute approximate surface area is 126 Å². The van der Waals surface area contributed by atoms with Crippen LogP contribution in [0.5, 0.6) is 0 Å². The molecule has 0 saturated carbocycles. The Kier molecular flexibility index (Phi) is 3.90. The number of para-hydroxylation sites is 1. The van der Waals surface area contributed by atoms with Gasteiger partial charge in [0, 0.05) is 28.0 Å². The highest BCUT2D eigenvalue weighted by atomic mass is 79.9. The van der Waals surface area contributed by atoms with E-state index < -0.39 is 0 Å². The first-order chi connectivity index (χ1) is 9.74. The summed E-state index contributed by atoms with van der Waals surface area (Å²) >= 11 is 3.51. The summed E-state index contributed by atoms with van der Waals surface area (Å²) in [6.45, 7) is 2.97. The maximum Gasteiger partial charge on any atom is 0.134 e. The van der Waals surface area contributed by atoms with Crippen LogP contribution in [0.4, 0.5) is 0 Å². The molecule has 0 radical (unpaired) electrons. The molecule has 0 fully saturated rings. The Morgan fingerprint density at radius 2 is 2.00 bits per heavy atom. The molecule has 0 aliphatic heterocycles. The third-order valence-electron chi connectivity index (χ3n) is 3.51. The van der Waals surface area contributed by atoms with Crippen LogP contribution >= 0.6 is 15.9 Å². The second kappa shape index (κ2) is 5.81. The van der Waals surface area contributed by atoms with Crippen molar-refractivity contribution in [3.05, 3.63) is 70.4 Å². The average molecular weight is 330 g/mol. The molecule has 0 unspecified atom stereocenters. The van der Waals surface area contributed by atoms with E-state index in [1.165, 1.54) is 16.5 Å². The fourth-order valence-electron chi connectivity index (χ4n) is 2.33. The molecule has 2 nitrogen and oxygen atoms in total. The third-order valence-corrected chi connectivity index (χ3v) is 4.00. The number of rotatable bonds is 4. The van der Waals surface area contributed by atoms with E-state index in [2.05, 4.69) is 52.4 Å². The van der Waals surface area contributed by atoms with Crippen molar-refractivity contribution in [1.29, 1.82) is 0 Å². The topological polar surface area (TPSA) is 25.2 Å². The van der Waals surface area contributed by atoms with Crippen LogP contribution in [-0.2, 0) is 6.54 Å². The number of benzene rings is 2. The first-order valence-corrected chi connectivity index (χ1v) is 7.47. The van der Waals surface area contributed by atoms with Crippen LogP contribution in [0.1, 0.15) is 24.1 Å². The zero-order chi connectivity index (χ0) is 13.9. The lowest BCUT2D eigenvalue weighted by Crippen LogP contribution is -2.17. The van der Waals surface area contributed by atoms with Crippen LogP contribution < -0.4 is 5.32 Å². The summed E-state index contributed by atoms with van der Waals surface area (Å²) in [5, 5.41) is 4.72. The van der Waals surface area contributed by atoms with Gasteiger partial charge in [-0.05, 0) is 30.7 Å². The van der Waals surface area contributed by atoms with Gasteiger partial charge in [0.25, 0.3) is 0 Å². The van der Waals surface area contributed by atoms with Crippen LogP contribution in [-0.4, -0.2) is 0 Å². The summed E-state index contributed by atoms with van der Waals surface area (Å²) in [6, 6.07) is 16.8. The van der Waals surface area contributed by atoms with Gasteiger partial charge in [-0.15, -0.1) is 0 Å². The van der Waals surface area contributed by atoms with Gasteiger partial charge in [0.1, 0.15) is 5.58 Å². The summed E-state index contributed by atoms with van der Waals surface area (Å²) in [4.78, 5) is 0. The smallest absolute Gasteiger partial charge is 0.134 e. The fraction of sp³-hybridized carbons (Fsp3) is 0.176. The van der Waals surface area contributed by atoms with Gasteiger partial charge in [0.2, 0.25) is 0 Å². The monoisotopic (exact) mass is 329 g/mol. The molecule has 0 aliphatic carbocycles. The van der Waals surface area contributed by atoms with E-state index in [4.69, 9.17) is 4.42 Å². The molecule has 1 aromatic heterocycles. The Morgan fingerprint density at radius 1 is 1.15 bits per heavy atom. The molecule has 20 heavy (non-hydrogen) atoms. The van der Waals surface area contributed by atoms with Crippen LogP contribution in [0.25, 0.3) is 11.0 Å². The predicted molar refractivity (Wildman–Crippen MR) is 85.6 cm³/mol. The molecule has 0 aliphatic rings. The molecule has 3 heteroatoms. The van der Waals surface area contributed by atoms with Gasteiger partial charge in [-0.1, -0.05) is 46.3 Å². The molecule has 1 heterocycles. The lowest BCUT2D eigenvalue weighted by Gasteiger charge is -2.14. The quantitative estimate of drug-likeness (QED) is 0.724. The number of hydrogen-bond donors (Lipinski definition) is 1. The number of fused-ring (bicyclic) bond motifs is 1. The number of halogens is 1. The van der Waals surface area contributed by atoms with Crippen molar-refractivity contribution >= 4 is 26.9 Å². The maximum absolute atomic E-state index is 5.56. The van der Waals surface area contributed by atoms with E-state index in [1.54, 1.807) is 0 Å². The highest BCUT2D eigenvalue weighted by Crippen LogP contribution is 2.22. The zero-order valence-electron chi connectivity index (χ0n) is 11.3. The van der Waals surface area contributed by atoms with Gasteiger partial charge in [0.15, 0.2) is 0 Å². The molecule has 0 amide bonds. The summed E-state index contributed by atoms with van der Waals surface area (Å²) in [5.41, 5.74) is 3.41. The first-order valence-electron chi connectivity index (χ1n) is 6.68. The number of furan rings is 1. The highest BCUT2D eigenvalue weighted by molar-refractivity contribution is 9.10. The van der Waals surface area contributed by atoms with Gasteiger partial charge < -0.3 is 9.73 Å². The first kappa shape index (κ1) is 13.4. The second-order valence-electron chi connectivity index (χ2n) is 4.91. The van der Waals surface area contributed by atoms with E-state index in [0.29, 0.717) is 6.04 Å². The fourth-order valence-corrected chi connectivity index (χ4v) is 2.74. The van der Waals surface area contributed by atoms with Crippen LogP contribution in [0.15, 0.2) is 63.7 Å². The molecular formula is C17H16BrNO. The van der Waals surface area contributed by atoms with E-state index in [0.717, 1.165) is 16.6 Å². The van der Waals surface area contributed by atoms with Crippen molar-refractivity contribution in [1.82, 2.24) is 5.32 Å². The predicted octanol–water partition coefficient (Wildman–Crippen LogP) is 5.05. The molecule has 102 valence electrons.